The summed E-state index contributed by atoms with van der Waals surface area (Å²) in [6.07, 6.45) is 0.697. The van der Waals surface area contributed by atoms with Gasteiger partial charge in [-0.3, -0.25) is 0 Å². The summed E-state index contributed by atoms with van der Waals surface area (Å²) >= 11 is 0. The van der Waals surface area contributed by atoms with E-state index in [0.717, 1.165) is 0 Å². The van der Waals surface area contributed by atoms with Crippen LogP contribution in [0.2, 0.25) is 0 Å². The summed E-state index contributed by atoms with van der Waals surface area (Å²) in [5.74, 6) is -0.464. The lowest BCUT2D eigenvalue weighted by Gasteiger charge is -2.15. The van der Waals surface area contributed by atoms with E-state index in [-0.39, 0.29) is 17.6 Å². The molecule has 2 rings (SSSR count). The SMILES string of the molecule is NC1CCN(S(=O)(=O)Cc2ccc(F)cc2)C1. The van der Waals surface area contributed by atoms with Crippen LogP contribution in [0.15, 0.2) is 24.3 Å². The van der Waals surface area contributed by atoms with E-state index >= 15 is 0 Å². The standard InChI is InChI=1S/C11H15FN2O2S/c12-10-3-1-9(2-4-10)8-17(15,16)14-6-5-11(13)7-14/h1-4,11H,5-8,13H2. The number of hydrogen-bond donors (Lipinski definition) is 1. The van der Waals surface area contributed by atoms with Crippen LogP contribution in [0.3, 0.4) is 0 Å². The second-order valence-corrected chi connectivity index (χ2v) is 6.26. The number of nitrogens with zero attached hydrogens (tertiary/aromatic N) is 1. The van der Waals surface area contributed by atoms with Gasteiger partial charge in [-0.15, -0.1) is 0 Å². The molecule has 1 heterocycles. The number of benzene rings is 1. The molecule has 1 saturated heterocycles. The van der Waals surface area contributed by atoms with E-state index in [9.17, 15) is 12.8 Å². The van der Waals surface area contributed by atoms with E-state index in [0.29, 0.717) is 25.1 Å². The number of sulfonamides is 1. The summed E-state index contributed by atoms with van der Waals surface area (Å²) in [5, 5.41) is 0. The topological polar surface area (TPSA) is 63.4 Å². The fourth-order valence-corrected chi connectivity index (χ4v) is 3.49. The van der Waals surface area contributed by atoms with Crippen LogP contribution in [-0.4, -0.2) is 31.9 Å². The Labute approximate surface area is 100 Å². The summed E-state index contributed by atoms with van der Waals surface area (Å²) in [6.45, 7) is 0.855. The Balaban J connectivity index is 2.09. The smallest absolute Gasteiger partial charge is 0.218 e. The Morgan fingerprint density at radius 2 is 2.00 bits per heavy atom. The fraction of sp³-hybridized carbons (Fsp3) is 0.455. The zero-order valence-corrected chi connectivity index (χ0v) is 10.2. The van der Waals surface area contributed by atoms with Gasteiger partial charge >= 0.3 is 0 Å². The summed E-state index contributed by atoms with van der Waals surface area (Å²) < 4.78 is 38.1. The predicted molar refractivity (Wildman–Crippen MR) is 63.2 cm³/mol. The van der Waals surface area contributed by atoms with Gasteiger partial charge in [0.2, 0.25) is 10.0 Å². The van der Waals surface area contributed by atoms with Crippen LogP contribution in [0.5, 0.6) is 0 Å². The molecule has 1 aromatic rings. The molecule has 1 fully saturated rings. The van der Waals surface area contributed by atoms with Gasteiger partial charge in [0.15, 0.2) is 0 Å². The van der Waals surface area contributed by atoms with Gasteiger partial charge in [0.25, 0.3) is 0 Å². The first-order chi connectivity index (χ1) is 7.97. The minimum absolute atomic E-state index is 0.0713. The van der Waals surface area contributed by atoms with Gasteiger partial charge in [-0.1, -0.05) is 12.1 Å². The van der Waals surface area contributed by atoms with Gasteiger partial charge in [-0.05, 0) is 24.1 Å². The lowest BCUT2D eigenvalue weighted by molar-refractivity contribution is 0.471. The maximum atomic E-state index is 12.7. The van der Waals surface area contributed by atoms with Crippen molar-refractivity contribution < 1.29 is 12.8 Å². The van der Waals surface area contributed by atoms with Crippen molar-refractivity contribution in [2.24, 2.45) is 5.73 Å². The summed E-state index contributed by atoms with van der Waals surface area (Å²) in [7, 11) is -3.33. The molecule has 94 valence electrons. The molecule has 0 saturated carbocycles. The minimum Gasteiger partial charge on any atom is -0.326 e. The van der Waals surface area contributed by atoms with E-state index in [4.69, 9.17) is 5.73 Å². The summed E-state index contributed by atoms with van der Waals surface area (Å²) in [6, 6.07) is 5.44. The number of rotatable bonds is 3. The Morgan fingerprint density at radius 3 is 2.53 bits per heavy atom. The second kappa shape index (κ2) is 4.72. The van der Waals surface area contributed by atoms with Gasteiger partial charge in [-0.25, -0.2) is 17.1 Å². The first-order valence-corrected chi connectivity index (χ1v) is 7.06. The maximum Gasteiger partial charge on any atom is 0.218 e. The quantitative estimate of drug-likeness (QED) is 0.867. The Hall–Kier alpha value is -0.980. The molecule has 1 aliphatic heterocycles. The van der Waals surface area contributed by atoms with E-state index in [1.54, 1.807) is 0 Å². The lowest BCUT2D eigenvalue weighted by Crippen LogP contribution is -2.32. The molecular weight excluding hydrogens is 243 g/mol. The number of halogens is 1. The third-order valence-corrected chi connectivity index (χ3v) is 4.66. The first-order valence-electron chi connectivity index (χ1n) is 5.45. The average molecular weight is 258 g/mol. The molecule has 17 heavy (non-hydrogen) atoms. The van der Waals surface area contributed by atoms with Crippen molar-refractivity contribution in [3.8, 4) is 0 Å². The van der Waals surface area contributed by atoms with Gasteiger partial charge in [0.1, 0.15) is 5.82 Å². The van der Waals surface area contributed by atoms with Crippen LogP contribution in [0.4, 0.5) is 4.39 Å². The second-order valence-electron chi connectivity index (χ2n) is 4.29. The van der Waals surface area contributed by atoms with Gasteiger partial charge < -0.3 is 5.73 Å². The molecule has 0 bridgehead atoms. The van der Waals surface area contributed by atoms with Crippen molar-refractivity contribution in [3.63, 3.8) is 0 Å². The van der Waals surface area contributed by atoms with Crippen molar-refractivity contribution in [1.29, 1.82) is 0 Å². The number of nitrogens with two attached hydrogens (primary N) is 1. The number of hydrogen-bond acceptors (Lipinski definition) is 3. The van der Waals surface area contributed by atoms with E-state index in [1.165, 1.54) is 28.6 Å². The third kappa shape index (κ3) is 3.02. The Morgan fingerprint density at radius 1 is 1.35 bits per heavy atom. The van der Waals surface area contributed by atoms with Crippen LogP contribution >= 0.6 is 0 Å². The van der Waals surface area contributed by atoms with Gasteiger partial charge in [0.05, 0.1) is 5.75 Å². The first kappa shape index (κ1) is 12.5. The van der Waals surface area contributed by atoms with E-state index in [1.807, 2.05) is 0 Å². The predicted octanol–water partition coefficient (Wildman–Crippen LogP) is 0.689. The minimum atomic E-state index is -3.33. The molecular formula is C11H15FN2O2S. The molecule has 1 aliphatic rings. The highest BCUT2D eigenvalue weighted by atomic mass is 32.2. The zero-order valence-electron chi connectivity index (χ0n) is 9.34. The maximum absolute atomic E-state index is 12.7. The van der Waals surface area contributed by atoms with Crippen LogP contribution in [0.1, 0.15) is 12.0 Å². The normalized spacial score (nSPS) is 21.9. The molecule has 0 aromatic heterocycles. The summed E-state index contributed by atoms with van der Waals surface area (Å²) in [5.41, 5.74) is 6.27. The average Bonchev–Trinajstić information content (AvgIpc) is 2.69. The lowest BCUT2D eigenvalue weighted by atomic mass is 10.2. The zero-order chi connectivity index (χ0) is 12.5. The molecule has 1 unspecified atom stereocenters. The molecule has 6 heteroatoms. The highest BCUT2D eigenvalue weighted by Gasteiger charge is 2.29. The van der Waals surface area contributed by atoms with Crippen LogP contribution < -0.4 is 5.73 Å². The highest BCUT2D eigenvalue weighted by molar-refractivity contribution is 7.88. The van der Waals surface area contributed by atoms with Gasteiger partial charge in [0, 0.05) is 19.1 Å². The highest BCUT2D eigenvalue weighted by Crippen LogP contribution is 2.16. The van der Waals surface area contributed by atoms with Crippen molar-refractivity contribution >= 4 is 10.0 Å². The van der Waals surface area contributed by atoms with Gasteiger partial charge in [-0.2, -0.15) is 0 Å². The molecule has 0 aliphatic carbocycles. The van der Waals surface area contributed by atoms with Crippen LogP contribution in [0, 0.1) is 5.82 Å². The molecule has 0 spiro atoms. The molecule has 4 nitrogen and oxygen atoms in total. The molecule has 0 radical (unpaired) electrons. The fourth-order valence-electron chi connectivity index (χ4n) is 1.89. The third-order valence-electron chi connectivity index (χ3n) is 2.84. The Bertz CT molecular complexity index is 487. The molecule has 1 aromatic carbocycles. The van der Waals surface area contributed by atoms with E-state index in [2.05, 4.69) is 0 Å². The van der Waals surface area contributed by atoms with Crippen molar-refractivity contribution in [2.75, 3.05) is 13.1 Å². The van der Waals surface area contributed by atoms with Crippen LogP contribution in [-0.2, 0) is 15.8 Å². The molecule has 1 atom stereocenters. The molecule has 0 amide bonds. The van der Waals surface area contributed by atoms with Crippen LogP contribution in [0.25, 0.3) is 0 Å². The van der Waals surface area contributed by atoms with Crippen molar-refractivity contribution in [2.45, 2.75) is 18.2 Å². The molecule has 2 N–H and O–H groups in total. The Kier molecular flexibility index (Phi) is 3.46. The van der Waals surface area contributed by atoms with Crippen molar-refractivity contribution in [3.05, 3.63) is 35.6 Å². The largest absolute Gasteiger partial charge is 0.326 e. The monoisotopic (exact) mass is 258 g/mol. The van der Waals surface area contributed by atoms with E-state index < -0.39 is 10.0 Å². The van der Waals surface area contributed by atoms with Crippen molar-refractivity contribution in [1.82, 2.24) is 4.31 Å². The summed E-state index contributed by atoms with van der Waals surface area (Å²) in [4.78, 5) is 0.